The molecular weight excluding hydrogens is 199 g/mol. The van der Waals surface area contributed by atoms with Crippen molar-refractivity contribution in [3.8, 4) is 10.4 Å². The second kappa shape index (κ2) is 3.86. The highest BCUT2D eigenvalue weighted by Crippen LogP contribution is 2.29. The molecule has 0 spiro atoms. The van der Waals surface area contributed by atoms with Gasteiger partial charge in [0.25, 0.3) is 0 Å². The van der Waals surface area contributed by atoms with Gasteiger partial charge in [-0.3, -0.25) is 0 Å². The van der Waals surface area contributed by atoms with Crippen molar-refractivity contribution in [2.75, 3.05) is 0 Å². The number of halogens is 1. The van der Waals surface area contributed by atoms with Gasteiger partial charge in [0.1, 0.15) is 5.82 Å². The SMILES string of the molecule is NCc1cnsc1-c1ccccc1F. The molecule has 0 aliphatic carbocycles. The van der Waals surface area contributed by atoms with Crippen LogP contribution in [0.5, 0.6) is 0 Å². The van der Waals surface area contributed by atoms with E-state index in [0.29, 0.717) is 12.1 Å². The smallest absolute Gasteiger partial charge is 0.131 e. The quantitative estimate of drug-likeness (QED) is 0.823. The van der Waals surface area contributed by atoms with Gasteiger partial charge in [-0.05, 0) is 17.6 Å². The van der Waals surface area contributed by atoms with Crippen molar-refractivity contribution in [1.29, 1.82) is 0 Å². The molecule has 1 aromatic heterocycles. The lowest BCUT2D eigenvalue weighted by atomic mass is 10.1. The number of hydrogen-bond acceptors (Lipinski definition) is 3. The molecule has 14 heavy (non-hydrogen) atoms. The zero-order valence-corrected chi connectivity index (χ0v) is 8.22. The van der Waals surface area contributed by atoms with Crippen LogP contribution in [-0.4, -0.2) is 4.37 Å². The lowest BCUT2D eigenvalue weighted by Gasteiger charge is -2.01. The van der Waals surface area contributed by atoms with Crippen molar-refractivity contribution >= 4 is 11.5 Å². The number of nitrogens with zero attached hydrogens (tertiary/aromatic N) is 1. The Morgan fingerprint density at radius 1 is 1.36 bits per heavy atom. The molecular formula is C10H9FN2S. The van der Waals surface area contributed by atoms with Crippen molar-refractivity contribution in [3.63, 3.8) is 0 Å². The second-order valence-corrected chi connectivity index (χ2v) is 3.67. The summed E-state index contributed by atoms with van der Waals surface area (Å²) in [6.45, 7) is 0.389. The van der Waals surface area contributed by atoms with E-state index in [1.54, 1.807) is 24.4 Å². The van der Waals surface area contributed by atoms with Crippen molar-refractivity contribution in [1.82, 2.24) is 4.37 Å². The summed E-state index contributed by atoms with van der Waals surface area (Å²) >= 11 is 1.27. The largest absolute Gasteiger partial charge is 0.326 e. The highest BCUT2D eigenvalue weighted by atomic mass is 32.1. The maximum Gasteiger partial charge on any atom is 0.131 e. The molecule has 2 nitrogen and oxygen atoms in total. The van der Waals surface area contributed by atoms with Gasteiger partial charge < -0.3 is 5.73 Å². The van der Waals surface area contributed by atoms with Crippen LogP contribution in [0, 0.1) is 5.82 Å². The topological polar surface area (TPSA) is 38.9 Å². The Morgan fingerprint density at radius 2 is 2.14 bits per heavy atom. The Bertz CT molecular complexity index is 439. The van der Waals surface area contributed by atoms with Gasteiger partial charge in [-0.1, -0.05) is 18.2 Å². The maximum absolute atomic E-state index is 13.4. The van der Waals surface area contributed by atoms with E-state index < -0.39 is 0 Å². The molecule has 0 fully saturated rings. The van der Waals surface area contributed by atoms with Gasteiger partial charge in [0.2, 0.25) is 0 Å². The maximum atomic E-state index is 13.4. The highest BCUT2D eigenvalue weighted by molar-refractivity contribution is 7.09. The molecule has 0 aliphatic rings. The van der Waals surface area contributed by atoms with E-state index in [1.807, 2.05) is 0 Å². The van der Waals surface area contributed by atoms with Gasteiger partial charge in [0.05, 0.1) is 4.88 Å². The molecule has 0 saturated heterocycles. The van der Waals surface area contributed by atoms with E-state index >= 15 is 0 Å². The van der Waals surface area contributed by atoms with E-state index in [-0.39, 0.29) is 5.82 Å². The minimum Gasteiger partial charge on any atom is -0.326 e. The summed E-state index contributed by atoms with van der Waals surface area (Å²) in [7, 11) is 0. The number of hydrogen-bond donors (Lipinski definition) is 1. The first-order valence-electron chi connectivity index (χ1n) is 4.21. The normalized spacial score (nSPS) is 10.4. The molecule has 1 heterocycles. The molecule has 0 atom stereocenters. The summed E-state index contributed by atoms with van der Waals surface area (Å²) in [5.41, 5.74) is 6.99. The van der Waals surface area contributed by atoms with Crippen LogP contribution in [0.25, 0.3) is 10.4 Å². The highest BCUT2D eigenvalue weighted by Gasteiger charge is 2.10. The lowest BCUT2D eigenvalue weighted by Crippen LogP contribution is -1.96. The van der Waals surface area contributed by atoms with Gasteiger partial charge in [-0.25, -0.2) is 8.76 Å². The third kappa shape index (κ3) is 1.54. The average molecular weight is 208 g/mol. The molecule has 0 aliphatic heterocycles. The predicted octanol–water partition coefficient (Wildman–Crippen LogP) is 2.41. The van der Waals surface area contributed by atoms with Crippen LogP contribution >= 0.6 is 11.5 Å². The van der Waals surface area contributed by atoms with E-state index in [0.717, 1.165) is 10.4 Å². The molecule has 72 valence electrons. The summed E-state index contributed by atoms with van der Waals surface area (Å²) in [5, 5.41) is 0. The fourth-order valence-electron chi connectivity index (χ4n) is 1.27. The summed E-state index contributed by atoms with van der Waals surface area (Å²) in [4.78, 5) is 0.825. The van der Waals surface area contributed by atoms with Gasteiger partial charge in [-0.2, -0.15) is 0 Å². The zero-order chi connectivity index (χ0) is 9.97. The average Bonchev–Trinajstić information content (AvgIpc) is 2.66. The Morgan fingerprint density at radius 3 is 2.86 bits per heavy atom. The summed E-state index contributed by atoms with van der Waals surface area (Å²) in [6.07, 6.45) is 1.69. The lowest BCUT2D eigenvalue weighted by molar-refractivity contribution is 0.631. The van der Waals surface area contributed by atoms with Crippen LogP contribution < -0.4 is 5.73 Å². The van der Waals surface area contributed by atoms with Gasteiger partial charge in [0.15, 0.2) is 0 Å². The molecule has 1 aromatic carbocycles. The minimum absolute atomic E-state index is 0.230. The predicted molar refractivity (Wildman–Crippen MR) is 55.4 cm³/mol. The van der Waals surface area contributed by atoms with Gasteiger partial charge in [-0.15, -0.1) is 0 Å². The molecule has 0 radical (unpaired) electrons. The fraction of sp³-hybridized carbons (Fsp3) is 0.100. The fourth-order valence-corrected chi connectivity index (χ4v) is 2.08. The number of rotatable bonds is 2. The van der Waals surface area contributed by atoms with Crippen LogP contribution in [0.2, 0.25) is 0 Å². The van der Waals surface area contributed by atoms with Gasteiger partial charge >= 0.3 is 0 Å². The first kappa shape index (κ1) is 9.30. The Balaban J connectivity index is 2.54. The Hall–Kier alpha value is -1.26. The van der Waals surface area contributed by atoms with Crippen LogP contribution in [0.1, 0.15) is 5.56 Å². The number of aromatic nitrogens is 1. The summed E-state index contributed by atoms with van der Waals surface area (Å²) in [6, 6.07) is 6.65. The Labute approximate surface area is 85.4 Å². The molecule has 2 rings (SSSR count). The van der Waals surface area contributed by atoms with Crippen molar-refractivity contribution in [3.05, 3.63) is 41.8 Å². The van der Waals surface area contributed by atoms with E-state index in [2.05, 4.69) is 4.37 Å². The standard InChI is InChI=1S/C10H9FN2S/c11-9-4-2-1-3-8(9)10-7(5-12)6-13-14-10/h1-4,6H,5,12H2. The van der Waals surface area contributed by atoms with Crippen molar-refractivity contribution in [2.45, 2.75) is 6.54 Å². The van der Waals surface area contributed by atoms with Crippen LogP contribution in [0.3, 0.4) is 0 Å². The third-order valence-corrected chi connectivity index (χ3v) is 2.86. The Kier molecular flexibility index (Phi) is 2.56. The minimum atomic E-state index is -0.230. The first-order valence-corrected chi connectivity index (χ1v) is 4.99. The number of benzene rings is 1. The molecule has 0 unspecified atom stereocenters. The van der Waals surface area contributed by atoms with Crippen molar-refractivity contribution in [2.24, 2.45) is 5.73 Å². The molecule has 0 saturated carbocycles. The van der Waals surface area contributed by atoms with Crippen LogP contribution in [0.4, 0.5) is 4.39 Å². The summed E-state index contributed by atoms with van der Waals surface area (Å²) < 4.78 is 17.4. The molecule has 4 heteroatoms. The van der Waals surface area contributed by atoms with Crippen molar-refractivity contribution < 1.29 is 4.39 Å². The van der Waals surface area contributed by atoms with Crippen LogP contribution in [0.15, 0.2) is 30.5 Å². The van der Waals surface area contributed by atoms with Crippen LogP contribution in [-0.2, 0) is 6.54 Å². The molecule has 0 amide bonds. The first-order chi connectivity index (χ1) is 6.83. The van der Waals surface area contributed by atoms with E-state index in [9.17, 15) is 4.39 Å². The van der Waals surface area contributed by atoms with E-state index in [1.165, 1.54) is 17.6 Å². The zero-order valence-electron chi connectivity index (χ0n) is 7.40. The second-order valence-electron chi connectivity index (χ2n) is 2.86. The molecule has 2 N–H and O–H groups in total. The monoisotopic (exact) mass is 208 g/mol. The van der Waals surface area contributed by atoms with E-state index in [4.69, 9.17) is 5.73 Å². The molecule has 2 aromatic rings. The number of nitrogens with two attached hydrogens (primary N) is 1. The van der Waals surface area contributed by atoms with Gasteiger partial charge in [0, 0.05) is 23.9 Å². The third-order valence-electron chi connectivity index (χ3n) is 1.98. The summed E-state index contributed by atoms with van der Waals surface area (Å²) in [5.74, 6) is -0.230. The molecule has 0 bridgehead atoms.